The van der Waals surface area contributed by atoms with Gasteiger partial charge in [-0.1, -0.05) is 27.7 Å². The molecule has 0 aromatic heterocycles. The second-order valence-electron chi connectivity index (χ2n) is 3.88. The molecule has 1 unspecified atom stereocenters. The van der Waals surface area contributed by atoms with Crippen LogP contribution in [0.2, 0.25) is 0 Å². The van der Waals surface area contributed by atoms with Crippen molar-refractivity contribution in [1.29, 1.82) is 0 Å². The van der Waals surface area contributed by atoms with E-state index in [2.05, 4.69) is 46.6 Å². The Morgan fingerprint density at radius 3 is 1.82 bits per heavy atom. The minimum absolute atomic E-state index is 0.384. The molecule has 68 valence electrons. The zero-order valence-corrected chi connectivity index (χ0v) is 8.94. The highest BCUT2D eigenvalue weighted by molar-refractivity contribution is 4.85. The van der Waals surface area contributed by atoms with E-state index in [9.17, 15) is 0 Å². The molecule has 1 atom stereocenters. The lowest BCUT2D eigenvalue weighted by molar-refractivity contribution is 0.0883. The van der Waals surface area contributed by atoms with Crippen LogP contribution in [0.25, 0.3) is 0 Å². The van der Waals surface area contributed by atoms with Crippen molar-refractivity contribution in [3.05, 3.63) is 0 Å². The second-order valence-corrected chi connectivity index (χ2v) is 3.88. The van der Waals surface area contributed by atoms with Crippen LogP contribution in [0.5, 0.6) is 0 Å². The first-order valence-electron chi connectivity index (χ1n) is 4.70. The summed E-state index contributed by atoms with van der Waals surface area (Å²) >= 11 is 0. The summed E-state index contributed by atoms with van der Waals surface area (Å²) in [6.07, 6.45) is 1.23. The molecule has 0 saturated carbocycles. The molecule has 0 aliphatic carbocycles. The molecule has 0 rings (SSSR count). The second kappa shape index (κ2) is 4.10. The van der Waals surface area contributed by atoms with Gasteiger partial charge in [-0.25, -0.2) is 0 Å². The van der Waals surface area contributed by atoms with Gasteiger partial charge in [0.1, 0.15) is 0 Å². The first-order chi connectivity index (χ1) is 4.99. The molecule has 1 heteroatoms. The quantitative estimate of drug-likeness (QED) is 0.606. The van der Waals surface area contributed by atoms with E-state index in [1.165, 1.54) is 6.42 Å². The number of rotatable bonds is 4. The Labute approximate surface area is 71.8 Å². The molecule has 0 aliphatic heterocycles. The third kappa shape index (κ3) is 2.19. The van der Waals surface area contributed by atoms with Crippen molar-refractivity contribution in [1.82, 2.24) is 4.90 Å². The SMILES string of the molecule is CCN(C)C(C)(CC)C(C)C. The van der Waals surface area contributed by atoms with Gasteiger partial charge in [0, 0.05) is 5.54 Å². The first kappa shape index (κ1) is 11.0. The van der Waals surface area contributed by atoms with E-state index in [0.717, 1.165) is 12.5 Å². The lowest BCUT2D eigenvalue weighted by atomic mass is 9.84. The van der Waals surface area contributed by atoms with E-state index < -0.39 is 0 Å². The minimum atomic E-state index is 0.384. The van der Waals surface area contributed by atoms with Gasteiger partial charge in [-0.3, -0.25) is 0 Å². The van der Waals surface area contributed by atoms with Crippen LogP contribution in [0, 0.1) is 5.92 Å². The van der Waals surface area contributed by atoms with Crippen LogP contribution in [-0.2, 0) is 0 Å². The molecular formula is C10H23N. The van der Waals surface area contributed by atoms with Gasteiger partial charge in [-0.15, -0.1) is 0 Å². The summed E-state index contributed by atoms with van der Waals surface area (Å²) in [7, 11) is 2.21. The zero-order chi connectivity index (χ0) is 9.07. The molecular weight excluding hydrogens is 134 g/mol. The highest BCUT2D eigenvalue weighted by Gasteiger charge is 2.29. The molecule has 0 fully saturated rings. The largest absolute Gasteiger partial charge is 0.301 e. The van der Waals surface area contributed by atoms with Crippen molar-refractivity contribution in [2.45, 2.75) is 46.6 Å². The van der Waals surface area contributed by atoms with E-state index in [1.807, 2.05) is 0 Å². The summed E-state index contributed by atoms with van der Waals surface area (Å²) in [6.45, 7) is 12.6. The molecule has 0 amide bonds. The van der Waals surface area contributed by atoms with Crippen molar-refractivity contribution in [2.75, 3.05) is 13.6 Å². The van der Waals surface area contributed by atoms with Crippen LogP contribution in [0.3, 0.4) is 0 Å². The Kier molecular flexibility index (Phi) is 4.09. The molecule has 0 spiro atoms. The van der Waals surface area contributed by atoms with Gasteiger partial charge in [-0.2, -0.15) is 0 Å². The Bertz CT molecular complexity index is 109. The predicted octanol–water partition coefficient (Wildman–Crippen LogP) is 2.76. The maximum Gasteiger partial charge on any atom is 0.0198 e. The van der Waals surface area contributed by atoms with Gasteiger partial charge in [0.2, 0.25) is 0 Å². The van der Waals surface area contributed by atoms with Crippen LogP contribution in [0.1, 0.15) is 41.0 Å². The normalized spacial score (nSPS) is 17.5. The standard InChI is InChI=1S/C10H23N/c1-7-10(5,9(3)4)11(6)8-2/h9H,7-8H2,1-6H3. The van der Waals surface area contributed by atoms with Gasteiger partial charge in [0.05, 0.1) is 0 Å². The third-order valence-corrected chi connectivity index (χ3v) is 3.31. The number of hydrogen-bond acceptors (Lipinski definition) is 1. The third-order valence-electron chi connectivity index (χ3n) is 3.31. The van der Waals surface area contributed by atoms with Crippen molar-refractivity contribution >= 4 is 0 Å². The summed E-state index contributed by atoms with van der Waals surface area (Å²) in [4.78, 5) is 2.44. The van der Waals surface area contributed by atoms with E-state index in [-0.39, 0.29) is 0 Å². The van der Waals surface area contributed by atoms with Crippen molar-refractivity contribution in [3.8, 4) is 0 Å². The monoisotopic (exact) mass is 157 g/mol. The zero-order valence-electron chi connectivity index (χ0n) is 8.94. The van der Waals surface area contributed by atoms with Crippen LogP contribution < -0.4 is 0 Å². The fourth-order valence-electron chi connectivity index (χ4n) is 1.48. The molecule has 0 radical (unpaired) electrons. The maximum absolute atomic E-state index is 2.44. The van der Waals surface area contributed by atoms with Crippen LogP contribution >= 0.6 is 0 Å². The highest BCUT2D eigenvalue weighted by Crippen LogP contribution is 2.26. The average Bonchev–Trinajstić information content (AvgIpc) is 2.01. The minimum Gasteiger partial charge on any atom is -0.301 e. The molecule has 0 saturated heterocycles. The topological polar surface area (TPSA) is 3.24 Å². The van der Waals surface area contributed by atoms with E-state index in [0.29, 0.717) is 5.54 Å². The van der Waals surface area contributed by atoms with Crippen molar-refractivity contribution in [3.63, 3.8) is 0 Å². The van der Waals surface area contributed by atoms with Crippen LogP contribution in [0.15, 0.2) is 0 Å². The van der Waals surface area contributed by atoms with Gasteiger partial charge in [-0.05, 0) is 32.9 Å². The summed E-state index contributed by atoms with van der Waals surface area (Å²) in [5.74, 6) is 0.734. The van der Waals surface area contributed by atoms with E-state index >= 15 is 0 Å². The van der Waals surface area contributed by atoms with E-state index in [1.54, 1.807) is 0 Å². The molecule has 1 nitrogen and oxygen atoms in total. The molecule has 0 heterocycles. The molecule has 11 heavy (non-hydrogen) atoms. The number of nitrogens with zero attached hydrogens (tertiary/aromatic N) is 1. The summed E-state index contributed by atoms with van der Waals surface area (Å²) in [6, 6.07) is 0. The van der Waals surface area contributed by atoms with Crippen LogP contribution in [-0.4, -0.2) is 24.0 Å². The fraction of sp³-hybridized carbons (Fsp3) is 1.00. The Balaban J connectivity index is 4.32. The molecule has 0 aliphatic rings. The summed E-state index contributed by atoms with van der Waals surface area (Å²) in [5, 5.41) is 0. The summed E-state index contributed by atoms with van der Waals surface area (Å²) in [5.41, 5.74) is 0.384. The van der Waals surface area contributed by atoms with Crippen molar-refractivity contribution in [2.24, 2.45) is 5.92 Å². The fourth-order valence-corrected chi connectivity index (χ4v) is 1.48. The molecule has 0 bridgehead atoms. The predicted molar refractivity (Wildman–Crippen MR) is 51.8 cm³/mol. The average molecular weight is 157 g/mol. The molecule has 0 aromatic carbocycles. The first-order valence-corrected chi connectivity index (χ1v) is 4.70. The van der Waals surface area contributed by atoms with E-state index in [4.69, 9.17) is 0 Å². The summed E-state index contributed by atoms with van der Waals surface area (Å²) < 4.78 is 0. The Morgan fingerprint density at radius 1 is 1.27 bits per heavy atom. The maximum atomic E-state index is 2.44. The molecule has 0 N–H and O–H groups in total. The van der Waals surface area contributed by atoms with Gasteiger partial charge >= 0.3 is 0 Å². The van der Waals surface area contributed by atoms with Gasteiger partial charge in [0.15, 0.2) is 0 Å². The Morgan fingerprint density at radius 2 is 1.73 bits per heavy atom. The molecule has 0 aromatic rings. The van der Waals surface area contributed by atoms with Gasteiger partial charge < -0.3 is 4.90 Å². The number of hydrogen-bond donors (Lipinski definition) is 0. The van der Waals surface area contributed by atoms with Gasteiger partial charge in [0.25, 0.3) is 0 Å². The van der Waals surface area contributed by atoms with Crippen molar-refractivity contribution < 1.29 is 0 Å². The smallest absolute Gasteiger partial charge is 0.0198 e. The highest BCUT2D eigenvalue weighted by atomic mass is 15.2. The van der Waals surface area contributed by atoms with Crippen LogP contribution in [0.4, 0.5) is 0 Å². The lowest BCUT2D eigenvalue weighted by Crippen LogP contribution is -2.47. The lowest BCUT2D eigenvalue weighted by Gasteiger charge is -2.41. The Hall–Kier alpha value is -0.0400.